The van der Waals surface area contributed by atoms with Gasteiger partial charge >= 0.3 is 0 Å². The number of hydrogen-bond acceptors (Lipinski definition) is 6. The summed E-state index contributed by atoms with van der Waals surface area (Å²) in [5.41, 5.74) is 2.45. The summed E-state index contributed by atoms with van der Waals surface area (Å²) in [5, 5.41) is 7.50. The number of piperidine rings is 1. The Hall–Kier alpha value is -1.48. The van der Waals surface area contributed by atoms with E-state index in [0.29, 0.717) is 4.90 Å². The highest BCUT2D eigenvalue weighted by Crippen LogP contribution is 2.35. The molecule has 0 atom stereocenters. The van der Waals surface area contributed by atoms with Gasteiger partial charge in [-0.2, -0.15) is 0 Å². The van der Waals surface area contributed by atoms with Crippen molar-refractivity contribution in [2.75, 3.05) is 18.4 Å². The molecule has 1 saturated heterocycles. The lowest BCUT2D eigenvalue weighted by Gasteiger charge is -2.24. The van der Waals surface area contributed by atoms with E-state index in [1.807, 2.05) is 26.0 Å². The van der Waals surface area contributed by atoms with E-state index in [1.54, 1.807) is 17.4 Å². The fraction of sp³-hybridized carbons (Fsp3) is 0.550. The van der Waals surface area contributed by atoms with Gasteiger partial charge < -0.3 is 10.6 Å². The third-order valence-corrected chi connectivity index (χ3v) is 7.46. The monoisotopic (exact) mass is 422 g/mol. The fourth-order valence-electron chi connectivity index (χ4n) is 3.29. The molecule has 0 amide bonds. The Kier molecular flexibility index (Phi) is 6.14. The maximum absolute atomic E-state index is 13.0. The number of rotatable bonds is 5. The third kappa shape index (κ3) is 5.11. The van der Waals surface area contributed by atoms with Gasteiger partial charge in [-0.05, 0) is 77.7 Å². The first-order valence-corrected chi connectivity index (χ1v) is 11.9. The van der Waals surface area contributed by atoms with Crippen molar-refractivity contribution in [2.45, 2.75) is 63.9 Å². The van der Waals surface area contributed by atoms with E-state index >= 15 is 0 Å². The summed E-state index contributed by atoms with van der Waals surface area (Å²) in [5.74, 6) is 0. The van der Waals surface area contributed by atoms with Crippen molar-refractivity contribution in [1.82, 2.24) is 15.0 Å². The molecular weight excluding hydrogens is 392 g/mol. The molecule has 0 aliphatic carbocycles. The topological polar surface area (TPSA) is 83.1 Å². The van der Waals surface area contributed by atoms with Crippen LogP contribution in [0.4, 0.5) is 5.13 Å². The highest BCUT2D eigenvalue weighted by molar-refractivity contribution is 7.89. The van der Waals surface area contributed by atoms with Crippen molar-refractivity contribution in [3.63, 3.8) is 0 Å². The van der Waals surface area contributed by atoms with Crippen LogP contribution in [0, 0.1) is 13.8 Å². The molecule has 0 saturated carbocycles. The summed E-state index contributed by atoms with van der Waals surface area (Å²) in [6.07, 6.45) is 1.63. The van der Waals surface area contributed by atoms with Gasteiger partial charge in [-0.25, -0.2) is 18.1 Å². The quantitative estimate of drug-likeness (QED) is 0.685. The molecule has 1 aliphatic heterocycles. The first kappa shape index (κ1) is 21.2. The van der Waals surface area contributed by atoms with E-state index in [0.717, 1.165) is 52.8 Å². The number of aryl methyl sites for hydroxylation is 2. The zero-order chi connectivity index (χ0) is 20.5. The van der Waals surface area contributed by atoms with Crippen molar-refractivity contribution in [1.29, 1.82) is 0 Å². The first-order valence-electron chi connectivity index (χ1n) is 9.65. The number of sulfonamides is 1. The normalized spacial score (nSPS) is 16.3. The molecule has 1 aromatic carbocycles. The van der Waals surface area contributed by atoms with Gasteiger partial charge in [0, 0.05) is 11.6 Å². The van der Waals surface area contributed by atoms with E-state index in [2.05, 4.69) is 41.1 Å². The lowest BCUT2D eigenvalue weighted by molar-refractivity contribution is 0.427. The van der Waals surface area contributed by atoms with Crippen LogP contribution in [0.3, 0.4) is 0 Å². The number of nitrogens with one attached hydrogen (secondary N) is 3. The van der Waals surface area contributed by atoms with E-state index in [4.69, 9.17) is 0 Å². The largest absolute Gasteiger partial charge is 0.357 e. The number of benzene rings is 1. The van der Waals surface area contributed by atoms with Gasteiger partial charge in [0.25, 0.3) is 0 Å². The minimum absolute atomic E-state index is 0.0120. The first-order chi connectivity index (χ1) is 13.0. The predicted molar refractivity (Wildman–Crippen MR) is 117 cm³/mol. The molecular formula is C20H30N4O2S2. The van der Waals surface area contributed by atoms with Crippen LogP contribution in [0.1, 0.15) is 44.9 Å². The van der Waals surface area contributed by atoms with Crippen LogP contribution in [0.15, 0.2) is 23.1 Å². The molecule has 1 aromatic heterocycles. The second-order valence-corrected chi connectivity index (χ2v) is 11.1. The van der Waals surface area contributed by atoms with Crippen molar-refractivity contribution < 1.29 is 8.42 Å². The Morgan fingerprint density at radius 3 is 2.50 bits per heavy atom. The lowest BCUT2D eigenvalue weighted by Crippen LogP contribution is -2.42. The molecule has 6 nitrogen and oxygen atoms in total. The van der Waals surface area contributed by atoms with Crippen LogP contribution < -0.4 is 15.4 Å². The maximum Gasteiger partial charge on any atom is 0.241 e. The summed E-state index contributed by atoms with van der Waals surface area (Å²) in [4.78, 5) is 5.96. The van der Waals surface area contributed by atoms with Crippen LogP contribution in [-0.2, 0) is 10.0 Å². The van der Waals surface area contributed by atoms with E-state index < -0.39 is 10.0 Å². The van der Waals surface area contributed by atoms with Gasteiger partial charge in [-0.15, -0.1) is 0 Å². The molecule has 2 aromatic rings. The van der Waals surface area contributed by atoms with Crippen LogP contribution in [0.5, 0.6) is 0 Å². The molecule has 3 N–H and O–H groups in total. The number of hydrogen-bond donors (Lipinski definition) is 3. The molecule has 0 radical (unpaired) electrons. The molecule has 1 aliphatic rings. The Balaban J connectivity index is 1.91. The zero-order valence-electron chi connectivity index (χ0n) is 17.2. The second-order valence-electron chi connectivity index (χ2n) is 8.43. The Morgan fingerprint density at radius 2 is 1.86 bits per heavy atom. The van der Waals surface area contributed by atoms with Crippen LogP contribution >= 0.6 is 11.3 Å². The van der Waals surface area contributed by atoms with Gasteiger partial charge in [0.2, 0.25) is 10.0 Å². The number of nitrogens with zero attached hydrogens (tertiary/aromatic N) is 1. The molecule has 2 heterocycles. The second kappa shape index (κ2) is 8.10. The van der Waals surface area contributed by atoms with Crippen molar-refractivity contribution in [3.8, 4) is 10.4 Å². The molecule has 28 heavy (non-hydrogen) atoms. The SMILES string of the molecule is Cc1ccc(-c2sc(NC(C)(C)C)nc2C)cc1S(=O)(=O)NC1CCNCC1. The third-order valence-electron chi connectivity index (χ3n) is 4.68. The Labute approximate surface area is 172 Å². The molecule has 154 valence electrons. The van der Waals surface area contributed by atoms with Gasteiger partial charge in [0.05, 0.1) is 15.5 Å². The number of anilines is 1. The summed E-state index contributed by atoms with van der Waals surface area (Å²) < 4.78 is 28.9. The van der Waals surface area contributed by atoms with Crippen molar-refractivity contribution in [3.05, 3.63) is 29.5 Å². The van der Waals surface area contributed by atoms with E-state index in [1.165, 1.54) is 0 Å². The van der Waals surface area contributed by atoms with Gasteiger partial charge in [-0.3, -0.25) is 0 Å². The minimum atomic E-state index is -3.57. The van der Waals surface area contributed by atoms with Crippen LogP contribution in [0.25, 0.3) is 10.4 Å². The molecule has 0 unspecified atom stereocenters. The average Bonchev–Trinajstić information content (AvgIpc) is 2.94. The van der Waals surface area contributed by atoms with Gasteiger partial charge in [0.15, 0.2) is 5.13 Å². The minimum Gasteiger partial charge on any atom is -0.357 e. The summed E-state index contributed by atoms with van der Waals surface area (Å²) in [6.45, 7) is 11.8. The smallest absolute Gasteiger partial charge is 0.241 e. The zero-order valence-corrected chi connectivity index (χ0v) is 18.9. The van der Waals surface area contributed by atoms with Crippen LogP contribution in [-0.4, -0.2) is 38.1 Å². The van der Waals surface area contributed by atoms with E-state index in [-0.39, 0.29) is 11.6 Å². The predicted octanol–water partition coefficient (Wildman–Crippen LogP) is 3.67. The van der Waals surface area contributed by atoms with E-state index in [9.17, 15) is 8.42 Å². The molecule has 0 bridgehead atoms. The van der Waals surface area contributed by atoms with Crippen molar-refractivity contribution in [2.24, 2.45) is 0 Å². The highest BCUT2D eigenvalue weighted by Gasteiger charge is 2.24. The summed E-state index contributed by atoms with van der Waals surface area (Å²) in [6, 6.07) is 5.62. The molecule has 8 heteroatoms. The Bertz CT molecular complexity index is 940. The molecule has 3 rings (SSSR count). The fourth-order valence-corrected chi connectivity index (χ4v) is 6.04. The highest BCUT2D eigenvalue weighted by atomic mass is 32.2. The molecule has 0 spiro atoms. The van der Waals surface area contributed by atoms with Gasteiger partial charge in [0.1, 0.15) is 0 Å². The maximum atomic E-state index is 13.0. The Morgan fingerprint density at radius 1 is 1.18 bits per heavy atom. The van der Waals surface area contributed by atoms with Crippen molar-refractivity contribution >= 4 is 26.5 Å². The summed E-state index contributed by atoms with van der Waals surface area (Å²) in [7, 11) is -3.57. The average molecular weight is 423 g/mol. The molecule has 1 fully saturated rings. The summed E-state index contributed by atoms with van der Waals surface area (Å²) >= 11 is 1.55. The number of thiazole rings is 1. The van der Waals surface area contributed by atoms with Gasteiger partial charge in [-0.1, -0.05) is 23.5 Å². The lowest BCUT2D eigenvalue weighted by atomic mass is 10.1. The standard InChI is InChI=1S/C20H30N4O2S2/c1-13-6-7-15(18-14(2)22-19(27-18)23-20(3,4)5)12-17(13)28(25,26)24-16-8-10-21-11-9-16/h6-7,12,16,21,24H,8-11H2,1-5H3,(H,22,23). The van der Waals surface area contributed by atoms with Crippen LogP contribution in [0.2, 0.25) is 0 Å². The number of aromatic nitrogens is 1.